The molecule has 5 aromatic rings. The molecule has 0 radical (unpaired) electrons. The zero-order valence-corrected chi connectivity index (χ0v) is 17.5. The Morgan fingerprint density at radius 3 is 2.09 bits per heavy atom. The Morgan fingerprint density at radius 2 is 1.31 bits per heavy atom. The minimum absolute atomic E-state index is 0.721. The maximum atomic E-state index is 6.19. The average Bonchev–Trinajstić information content (AvgIpc) is 3.24. The predicted octanol–water partition coefficient (Wildman–Crippen LogP) is 7.64. The van der Waals surface area contributed by atoms with Crippen molar-refractivity contribution in [3.05, 3.63) is 121 Å². The van der Waals surface area contributed by atoms with Crippen LogP contribution in [0.15, 0.2) is 114 Å². The summed E-state index contributed by atoms with van der Waals surface area (Å²) in [7, 11) is 0. The number of hydrogen-bond acceptors (Lipinski definition) is 3. The molecule has 1 aromatic heterocycles. The Morgan fingerprint density at radius 1 is 0.656 bits per heavy atom. The fourth-order valence-electron chi connectivity index (χ4n) is 4.36. The van der Waals surface area contributed by atoms with Gasteiger partial charge in [-0.2, -0.15) is 0 Å². The summed E-state index contributed by atoms with van der Waals surface area (Å²) in [4.78, 5) is 2.27. The largest absolute Gasteiger partial charge is 0.458 e. The van der Waals surface area contributed by atoms with Crippen molar-refractivity contribution in [3.63, 3.8) is 0 Å². The van der Waals surface area contributed by atoms with E-state index in [4.69, 9.17) is 4.42 Å². The van der Waals surface area contributed by atoms with E-state index in [1.807, 2.05) is 18.3 Å². The summed E-state index contributed by atoms with van der Waals surface area (Å²) in [5.41, 5.74) is 7.78. The van der Waals surface area contributed by atoms with Crippen molar-refractivity contribution in [3.8, 4) is 11.1 Å². The van der Waals surface area contributed by atoms with Gasteiger partial charge >= 0.3 is 0 Å². The minimum Gasteiger partial charge on any atom is -0.458 e. The Hall–Kier alpha value is -4.24. The maximum absolute atomic E-state index is 6.19. The maximum Gasteiger partial charge on any atom is 0.137 e. The van der Waals surface area contributed by atoms with E-state index in [-0.39, 0.29) is 0 Å². The molecule has 0 saturated carbocycles. The van der Waals surface area contributed by atoms with Crippen LogP contribution in [-0.2, 0) is 6.54 Å². The smallest absolute Gasteiger partial charge is 0.137 e. The van der Waals surface area contributed by atoms with Gasteiger partial charge in [0.2, 0.25) is 0 Å². The zero-order valence-electron chi connectivity index (χ0n) is 17.5. The fourth-order valence-corrected chi connectivity index (χ4v) is 4.36. The molecule has 2 heterocycles. The van der Waals surface area contributed by atoms with Crippen LogP contribution in [-0.4, -0.2) is 0 Å². The van der Waals surface area contributed by atoms with Gasteiger partial charge in [0.1, 0.15) is 11.3 Å². The molecule has 6 rings (SSSR count). The molecule has 1 aliphatic rings. The molecule has 4 aromatic carbocycles. The first-order chi connectivity index (χ1) is 15.9. The molecule has 0 amide bonds. The number of fused-ring (bicyclic) bond motifs is 3. The first-order valence-corrected chi connectivity index (χ1v) is 10.8. The summed E-state index contributed by atoms with van der Waals surface area (Å²) in [6, 6.07) is 36.1. The Labute approximate surface area is 187 Å². The quantitative estimate of drug-likeness (QED) is 0.327. The molecule has 32 heavy (non-hydrogen) atoms. The van der Waals surface area contributed by atoms with Crippen LogP contribution in [0, 0.1) is 0 Å². The lowest BCUT2D eigenvalue weighted by atomic mass is 10.0. The predicted molar refractivity (Wildman–Crippen MR) is 132 cm³/mol. The highest BCUT2D eigenvalue weighted by Gasteiger charge is 2.18. The van der Waals surface area contributed by atoms with Crippen LogP contribution >= 0.6 is 0 Å². The number of rotatable bonds is 4. The Bertz CT molecular complexity index is 1400. The lowest BCUT2D eigenvalue weighted by molar-refractivity contribution is 0.532. The van der Waals surface area contributed by atoms with E-state index in [0.29, 0.717) is 0 Å². The number of para-hydroxylation sites is 1. The number of furan rings is 1. The van der Waals surface area contributed by atoms with Gasteiger partial charge in [-0.05, 0) is 59.8 Å². The Kier molecular flexibility index (Phi) is 4.51. The van der Waals surface area contributed by atoms with Crippen molar-refractivity contribution >= 4 is 34.1 Å². The van der Waals surface area contributed by atoms with Crippen LogP contribution in [0.3, 0.4) is 0 Å². The van der Waals surface area contributed by atoms with E-state index in [1.54, 1.807) is 0 Å². The third-order valence-corrected chi connectivity index (χ3v) is 5.92. The van der Waals surface area contributed by atoms with Crippen LogP contribution in [0.1, 0.15) is 11.3 Å². The van der Waals surface area contributed by atoms with Crippen molar-refractivity contribution in [2.45, 2.75) is 6.54 Å². The number of benzene rings is 4. The van der Waals surface area contributed by atoms with Crippen LogP contribution in [0.25, 0.3) is 28.2 Å². The molecule has 0 fully saturated rings. The van der Waals surface area contributed by atoms with Gasteiger partial charge in [-0.3, -0.25) is 0 Å². The van der Waals surface area contributed by atoms with E-state index in [1.165, 1.54) is 16.7 Å². The van der Waals surface area contributed by atoms with E-state index in [2.05, 4.69) is 107 Å². The van der Waals surface area contributed by atoms with E-state index in [0.717, 1.165) is 40.3 Å². The van der Waals surface area contributed by atoms with Gasteiger partial charge in [0.25, 0.3) is 0 Å². The molecule has 0 atom stereocenters. The second-order valence-corrected chi connectivity index (χ2v) is 7.92. The van der Waals surface area contributed by atoms with Gasteiger partial charge in [-0.15, -0.1) is 0 Å². The average molecular weight is 415 g/mol. The Balaban J connectivity index is 1.45. The first kappa shape index (κ1) is 18.5. The van der Waals surface area contributed by atoms with Crippen molar-refractivity contribution in [1.82, 2.24) is 5.32 Å². The van der Waals surface area contributed by atoms with Gasteiger partial charge < -0.3 is 14.6 Å². The van der Waals surface area contributed by atoms with Crippen molar-refractivity contribution < 1.29 is 4.42 Å². The summed E-state index contributed by atoms with van der Waals surface area (Å²) < 4.78 is 6.19. The molecular weight excluding hydrogens is 392 g/mol. The third kappa shape index (κ3) is 3.25. The van der Waals surface area contributed by atoms with Crippen LogP contribution in [0.5, 0.6) is 0 Å². The number of anilines is 3. The lowest BCUT2D eigenvalue weighted by Crippen LogP contribution is -2.09. The van der Waals surface area contributed by atoms with E-state index in [9.17, 15) is 0 Å². The van der Waals surface area contributed by atoms with Gasteiger partial charge in [-0.1, -0.05) is 60.7 Å². The summed E-state index contributed by atoms with van der Waals surface area (Å²) in [5.74, 6) is 0.984. The summed E-state index contributed by atoms with van der Waals surface area (Å²) in [5, 5.41) is 4.37. The summed E-state index contributed by atoms with van der Waals surface area (Å²) in [6.45, 7) is 0.721. The van der Waals surface area contributed by atoms with Crippen LogP contribution < -0.4 is 10.2 Å². The van der Waals surface area contributed by atoms with Gasteiger partial charge in [0.05, 0.1) is 6.54 Å². The second-order valence-electron chi connectivity index (χ2n) is 7.92. The van der Waals surface area contributed by atoms with Crippen molar-refractivity contribution in [2.75, 3.05) is 4.90 Å². The standard InChI is InChI=1S/C29H22N2O/c1-3-7-21(8-4-1)22-11-13-24(14-12-22)31(23-9-5-2-6-10-23)25-15-16-26-27-17-18-30-20-29(27)32-28(26)19-25/h1-19,30H,20H2. The monoisotopic (exact) mass is 414 g/mol. The minimum atomic E-state index is 0.721. The fraction of sp³-hybridized carbons (Fsp3) is 0.0345. The molecule has 1 N–H and O–H groups in total. The molecule has 154 valence electrons. The normalized spacial score (nSPS) is 12.4. The highest BCUT2D eigenvalue weighted by Crippen LogP contribution is 2.38. The van der Waals surface area contributed by atoms with E-state index >= 15 is 0 Å². The lowest BCUT2D eigenvalue weighted by Gasteiger charge is -2.25. The topological polar surface area (TPSA) is 28.4 Å². The third-order valence-electron chi connectivity index (χ3n) is 5.92. The molecule has 0 aliphatic carbocycles. The highest BCUT2D eigenvalue weighted by atomic mass is 16.3. The molecule has 0 unspecified atom stereocenters. The van der Waals surface area contributed by atoms with Crippen LogP contribution in [0.4, 0.5) is 17.1 Å². The molecule has 0 spiro atoms. The van der Waals surface area contributed by atoms with Gasteiger partial charge in [0, 0.05) is 34.1 Å². The molecule has 0 saturated heterocycles. The number of nitrogens with one attached hydrogen (secondary N) is 1. The number of nitrogens with zero attached hydrogens (tertiary/aromatic N) is 1. The molecule has 3 heteroatoms. The highest BCUT2D eigenvalue weighted by molar-refractivity contribution is 5.93. The number of hydrogen-bond donors (Lipinski definition) is 1. The SMILES string of the molecule is C1=Cc2c(oc3cc(N(c4ccccc4)c4ccc(-c5ccccc5)cc4)ccc23)CN1. The summed E-state index contributed by atoms with van der Waals surface area (Å²) in [6.07, 6.45) is 4.07. The molecular formula is C29H22N2O. The second kappa shape index (κ2) is 7.78. The van der Waals surface area contributed by atoms with E-state index < -0.39 is 0 Å². The first-order valence-electron chi connectivity index (χ1n) is 10.8. The van der Waals surface area contributed by atoms with Crippen molar-refractivity contribution in [2.24, 2.45) is 0 Å². The molecule has 1 aliphatic heterocycles. The van der Waals surface area contributed by atoms with Crippen molar-refractivity contribution in [1.29, 1.82) is 0 Å². The molecule has 3 nitrogen and oxygen atoms in total. The van der Waals surface area contributed by atoms with Gasteiger partial charge in [-0.25, -0.2) is 0 Å². The zero-order chi connectivity index (χ0) is 21.3. The van der Waals surface area contributed by atoms with Gasteiger partial charge in [0.15, 0.2) is 0 Å². The summed E-state index contributed by atoms with van der Waals surface area (Å²) >= 11 is 0. The van der Waals surface area contributed by atoms with Crippen LogP contribution in [0.2, 0.25) is 0 Å². The molecule has 0 bridgehead atoms.